The van der Waals surface area contributed by atoms with Crippen molar-refractivity contribution in [3.05, 3.63) is 59.7 Å². The Balaban J connectivity index is 1.95. The molecule has 0 aliphatic carbocycles. The lowest BCUT2D eigenvalue weighted by atomic mass is 10.1. The molecule has 0 amide bonds. The number of guanidine groups is 1. The monoisotopic (exact) mass is 277 g/mol. The molecule has 1 aliphatic rings. The van der Waals surface area contributed by atoms with Crippen molar-refractivity contribution < 1.29 is 0 Å². The van der Waals surface area contributed by atoms with Gasteiger partial charge in [-0.05, 0) is 24.6 Å². The van der Waals surface area contributed by atoms with Gasteiger partial charge in [0.1, 0.15) is 0 Å². The van der Waals surface area contributed by atoms with E-state index in [0.717, 1.165) is 22.5 Å². The fraction of sp³-hybridized carbons (Fsp3) is 0.125. The van der Waals surface area contributed by atoms with Crippen LogP contribution < -0.4 is 11.1 Å². The van der Waals surface area contributed by atoms with E-state index in [2.05, 4.69) is 51.0 Å². The van der Waals surface area contributed by atoms with Crippen LogP contribution in [0.15, 0.2) is 53.5 Å². The highest BCUT2D eigenvalue weighted by Gasteiger charge is 2.24. The maximum atomic E-state index is 5.91. The minimum Gasteiger partial charge on any atom is -0.370 e. The Morgan fingerprint density at radius 1 is 1.10 bits per heavy atom. The highest BCUT2D eigenvalue weighted by molar-refractivity contribution is 5.94. The number of benzene rings is 2. The molecule has 1 aromatic heterocycles. The fourth-order valence-electron chi connectivity index (χ4n) is 2.68. The van der Waals surface area contributed by atoms with Crippen molar-refractivity contribution in [2.24, 2.45) is 10.7 Å². The van der Waals surface area contributed by atoms with Gasteiger partial charge in [-0.15, -0.1) is 0 Å². The van der Waals surface area contributed by atoms with Crippen LogP contribution in [0, 0.1) is 6.92 Å². The molecule has 5 heteroatoms. The number of para-hydroxylation sites is 2. The standard InChI is InChI=1S/C16H15N5/c1-10-6-8-11(9-7-10)14-19-15(17)20-16-18-12-4-2-3-5-13(12)21(14)16/h2-9,14H,1H3,(H3,17,18,19,20)/t14-/m0/s1. The SMILES string of the molecule is Cc1ccc([C@H]2N=C(N)Nc3nc4ccccc4n32)cc1. The van der Waals surface area contributed by atoms with Gasteiger partial charge in [0, 0.05) is 0 Å². The lowest BCUT2D eigenvalue weighted by molar-refractivity contribution is 0.626. The Kier molecular flexibility index (Phi) is 2.47. The van der Waals surface area contributed by atoms with Crippen molar-refractivity contribution in [2.45, 2.75) is 13.1 Å². The Morgan fingerprint density at radius 2 is 1.86 bits per heavy atom. The summed E-state index contributed by atoms with van der Waals surface area (Å²) in [5.41, 5.74) is 10.2. The van der Waals surface area contributed by atoms with Crippen LogP contribution in [-0.4, -0.2) is 15.5 Å². The van der Waals surface area contributed by atoms with E-state index in [1.54, 1.807) is 0 Å². The number of aliphatic imine (C=N–C) groups is 1. The average molecular weight is 277 g/mol. The van der Waals surface area contributed by atoms with Gasteiger partial charge in [0.25, 0.3) is 0 Å². The zero-order valence-electron chi connectivity index (χ0n) is 11.6. The summed E-state index contributed by atoms with van der Waals surface area (Å²) in [4.78, 5) is 9.14. The number of hydrogen-bond acceptors (Lipinski definition) is 4. The summed E-state index contributed by atoms with van der Waals surface area (Å²) >= 11 is 0. The summed E-state index contributed by atoms with van der Waals surface area (Å²) in [6.07, 6.45) is -0.186. The largest absolute Gasteiger partial charge is 0.370 e. The molecule has 2 aromatic carbocycles. The van der Waals surface area contributed by atoms with Gasteiger partial charge in [-0.25, -0.2) is 9.98 Å². The average Bonchev–Trinajstić information content (AvgIpc) is 2.85. The maximum absolute atomic E-state index is 5.91. The molecule has 0 saturated heterocycles. The summed E-state index contributed by atoms with van der Waals surface area (Å²) in [5, 5.41) is 3.04. The van der Waals surface area contributed by atoms with Crippen LogP contribution in [0.3, 0.4) is 0 Å². The molecule has 5 nitrogen and oxygen atoms in total. The second-order valence-corrected chi connectivity index (χ2v) is 5.22. The summed E-state index contributed by atoms with van der Waals surface area (Å²) < 4.78 is 2.08. The minimum atomic E-state index is -0.186. The first-order chi connectivity index (χ1) is 10.2. The molecule has 0 fully saturated rings. The van der Waals surface area contributed by atoms with Gasteiger partial charge >= 0.3 is 0 Å². The molecule has 1 atom stereocenters. The first-order valence-corrected chi connectivity index (χ1v) is 6.86. The normalized spacial score (nSPS) is 17.2. The van der Waals surface area contributed by atoms with Crippen LogP contribution in [-0.2, 0) is 0 Å². The van der Waals surface area contributed by atoms with Crippen LogP contribution in [0.4, 0.5) is 5.95 Å². The van der Waals surface area contributed by atoms with Gasteiger partial charge < -0.3 is 5.73 Å². The van der Waals surface area contributed by atoms with E-state index in [4.69, 9.17) is 5.73 Å². The first kappa shape index (κ1) is 12.0. The lowest BCUT2D eigenvalue weighted by Gasteiger charge is -2.23. The predicted molar refractivity (Wildman–Crippen MR) is 84.3 cm³/mol. The molecule has 0 radical (unpaired) electrons. The summed E-state index contributed by atoms with van der Waals surface area (Å²) in [5.74, 6) is 1.12. The predicted octanol–water partition coefficient (Wildman–Crippen LogP) is 2.63. The van der Waals surface area contributed by atoms with E-state index < -0.39 is 0 Å². The zero-order valence-corrected chi connectivity index (χ0v) is 11.6. The van der Waals surface area contributed by atoms with E-state index in [0.29, 0.717) is 5.96 Å². The third kappa shape index (κ3) is 1.86. The third-order valence-electron chi connectivity index (χ3n) is 3.72. The van der Waals surface area contributed by atoms with Crippen molar-refractivity contribution in [2.75, 3.05) is 5.32 Å². The van der Waals surface area contributed by atoms with Gasteiger partial charge in [-0.2, -0.15) is 0 Å². The number of imidazole rings is 1. The molecule has 0 saturated carbocycles. The number of rotatable bonds is 1. The molecule has 3 aromatic rings. The zero-order chi connectivity index (χ0) is 14.4. The lowest BCUT2D eigenvalue weighted by Crippen LogP contribution is -2.31. The number of nitrogens with two attached hydrogens (primary N) is 1. The molecule has 0 unspecified atom stereocenters. The molecule has 1 aliphatic heterocycles. The molecule has 3 N–H and O–H groups in total. The molecule has 104 valence electrons. The van der Waals surface area contributed by atoms with E-state index in [-0.39, 0.29) is 6.17 Å². The van der Waals surface area contributed by atoms with Crippen molar-refractivity contribution in [1.29, 1.82) is 0 Å². The van der Waals surface area contributed by atoms with Crippen LogP contribution in [0.2, 0.25) is 0 Å². The molecule has 21 heavy (non-hydrogen) atoms. The van der Waals surface area contributed by atoms with Crippen LogP contribution in [0.25, 0.3) is 11.0 Å². The van der Waals surface area contributed by atoms with Crippen LogP contribution in [0.5, 0.6) is 0 Å². The summed E-state index contributed by atoms with van der Waals surface area (Å²) in [6, 6.07) is 16.4. The highest BCUT2D eigenvalue weighted by Crippen LogP contribution is 2.32. The molecule has 4 rings (SSSR count). The van der Waals surface area contributed by atoms with Crippen molar-refractivity contribution in [1.82, 2.24) is 9.55 Å². The fourth-order valence-corrected chi connectivity index (χ4v) is 2.68. The van der Waals surface area contributed by atoms with Gasteiger partial charge in [-0.3, -0.25) is 9.88 Å². The van der Waals surface area contributed by atoms with Crippen molar-refractivity contribution in [3.8, 4) is 0 Å². The Morgan fingerprint density at radius 3 is 2.67 bits per heavy atom. The molecule has 0 spiro atoms. The third-order valence-corrected chi connectivity index (χ3v) is 3.72. The molecular formula is C16H15N5. The highest BCUT2D eigenvalue weighted by atomic mass is 15.4. The van der Waals surface area contributed by atoms with E-state index in [9.17, 15) is 0 Å². The molecule has 0 bridgehead atoms. The minimum absolute atomic E-state index is 0.186. The number of anilines is 1. The second kappa shape index (κ2) is 4.34. The number of aryl methyl sites for hydroxylation is 1. The van der Waals surface area contributed by atoms with Crippen LogP contribution in [0.1, 0.15) is 17.3 Å². The number of aromatic nitrogens is 2. The van der Waals surface area contributed by atoms with E-state index >= 15 is 0 Å². The molecular weight excluding hydrogens is 262 g/mol. The maximum Gasteiger partial charge on any atom is 0.212 e. The Bertz CT molecular complexity index is 845. The first-order valence-electron chi connectivity index (χ1n) is 6.86. The summed E-state index contributed by atoms with van der Waals surface area (Å²) in [6.45, 7) is 2.07. The number of fused-ring (bicyclic) bond motifs is 3. The second-order valence-electron chi connectivity index (χ2n) is 5.22. The van der Waals surface area contributed by atoms with Gasteiger partial charge in [0.05, 0.1) is 11.0 Å². The number of nitrogens with zero attached hydrogens (tertiary/aromatic N) is 3. The van der Waals surface area contributed by atoms with Gasteiger partial charge in [0.2, 0.25) is 5.95 Å². The Hall–Kier alpha value is -2.82. The Labute approximate surface area is 122 Å². The van der Waals surface area contributed by atoms with Crippen molar-refractivity contribution >= 4 is 22.9 Å². The van der Waals surface area contributed by atoms with Crippen LogP contribution >= 0.6 is 0 Å². The van der Waals surface area contributed by atoms with E-state index in [1.807, 2.05) is 24.3 Å². The van der Waals surface area contributed by atoms with Gasteiger partial charge in [0.15, 0.2) is 12.1 Å². The van der Waals surface area contributed by atoms with Gasteiger partial charge in [-0.1, -0.05) is 42.0 Å². The topological polar surface area (TPSA) is 68.2 Å². The smallest absolute Gasteiger partial charge is 0.212 e. The molecule has 2 heterocycles. The number of nitrogens with one attached hydrogen (secondary N) is 1. The van der Waals surface area contributed by atoms with Crippen molar-refractivity contribution in [3.63, 3.8) is 0 Å². The van der Waals surface area contributed by atoms with E-state index in [1.165, 1.54) is 5.56 Å². The number of hydrogen-bond donors (Lipinski definition) is 2. The summed E-state index contributed by atoms with van der Waals surface area (Å²) in [7, 11) is 0. The quantitative estimate of drug-likeness (QED) is 0.718.